The summed E-state index contributed by atoms with van der Waals surface area (Å²) in [6.07, 6.45) is 0. The Kier molecular flexibility index (Phi) is 5.81. The normalized spacial score (nSPS) is 21.8. The van der Waals surface area contributed by atoms with Crippen molar-refractivity contribution in [3.8, 4) is 0 Å². The lowest BCUT2D eigenvalue weighted by Crippen LogP contribution is -2.35. The van der Waals surface area contributed by atoms with Gasteiger partial charge in [0.1, 0.15) is 5.75 Å². The van der Waals surface area contributed by atoms with E-state index in [4.69, 9.17) is 5.73 Å². The minimum absolute atomic E-state index is 0.0280. The Labute approximate surface area is 138 Å². The van der Waals surface area contributed by atoms with E-state index in [0.717, 1.165) is 5.56 Å². The van der Waals surface area contributed by atoms with Crippen LogP contribution in [0.5, 0.6) is 0 Å². The molecule has 1 aliphatic heterocycles. The van der Waals surface area contributed by atoms with Gasteiger partial charge in [0.05, 0.1) is 5.75 Å². The first-order valence-electron chi connectivity index (χ1n) is 8.05. The highest BCUT2D eigenvalue weighted by molar-refractivity contribution is 7.92. The van der Waals surface area contributed by atoms with Crippen LogP contribution < -0.4 is 5.73 Å². The van der Waals surface area contributed by atoms with Crippen LogP contribution in [0.3, 0.4) is 0 Å². The maximum atomic E-state index is 12.4. The number of amides is 1. The van der Waals surface area contributed by atoms with Gasteiger partial charge in [-0.05, 0) is 23.9 Å². The average Bonchev–Trinajstić information content (AvgIpc) is 2.90. The summed E-state index contributed by atoms with van der Waals surface area (Å²) in [7, 11) is -3.35. The summed E-state index contributed by atoms with van der Waals surface area (Å²) < 4.78 is 24.1. The van der Waals surface area contributed by atoms with Crippen molar-refractivity contribution in [1.29, 1.82) is 0 Å². The zero-order chi connectivity index (χ0) is 17.0. The molecule has 0 aliphatic carbocycles. The standard InChI is InChI=1S/C17H26N2O3S/c1-13(2)11-23(21,22)12-17(20)19-9-15(8-18)16(10-19)14-6-4-3-5-7-14/h3-7,13,15-16H,8-12,18H2,1-2H3/t15-,16+/m1/s1. The molecular weight excluding hydrogens is 312 g/mol. The smallest absolute Gasteiger partial charge is 0.237 e. The van der Waals surface area contributed by atoms with E-state index in [1.165, 1.54) is 0 Å². The van der Waals surface area contributed by atoms with Crippen LogP contribution in [0.1, 0.15) is 25.3 Å². The fourth-order valence-electron chi connectivity index (χ4n) is 3.24. The Morgan fingerprint density at radius 2 is 1.91 bits per heavy atom. The Morgan fingerprint density at radius 1 is 1.26 bits per heavy atom. The molecule has 6 heteroatoms. The zero-order valence-corrected chi connectivity index (χ0v) is 14.6. The van der Waals surface area contributed by atoms with Crippen LogP contribution in [0.15, 0.2) is 30.3 Å². The molecule has 1 fully saturated rings. The monoisotopic (exact) mass is 338 g/mol. The maximum Gasteiger partial charge on any atom is 0.237 e. The fourth-order valence-corrected chi connectivity index (χ4v) is 4.93. The van der Waals surface area contributed by atoms with Crippen LogP contribution in [-0.2, 0) is 14.6 Å². The van der Waals surface area contributed by atoms with E-state index in [-0.39, 0.29) is 29.4 Å². The molecule has 1 aromatic carbocycles. The summed E-state index contributed by atoms with van der Waals surface area (Å²) in [5.74, 6) is -0.270. The van der Waals surface area contributed by atoms with Crippen LogP contribution in [0.4, 0.5) is 0 Å². The van der Waals surface area contributed by atoms with Gasteiger partial charge in [0.15, 0.2) is 9.84 Å². The molecule has 1 amide bonds. The van der Waals surface area contributed by atoms with Gasteiger partial charge >= 0.3 is 0 Å². The molecule has 0 bridgehead atoms. The lowest BCUT2D eigenvalue weighted by Gasteiger charge is -2.17. The molecule has 1 heterocycles. The molecular formula is C17H26N2O3S. The van der Waals surface area contributed by atoms with Gasteiger partial charge in [-0.15, -0.1) is 0 Å². The minimum Gasteiger partial charge on any atom is -0.341 e. The van der Waals surface area contributed by atoms with Crippen molar-refractivity contribution < 1.29 is 13.2 Å². The van der Waals surface area contributed by atoms with Gasteiger partial charge in [0.25, 0.3) is 0 Å². The molecule has 2 rings (SSSR count). The fraction of sp³-hybridized carbons (Fsp3) is 0.588. The second kappa shape index (κ2) is 7.45. The van der Waals surface area contributed by atoms with Crippen molar-refractivity contribution in [2.75, 3.05) is 31.1 Å². The van der Waals surface area contributed by atoms with Gasteiger partial charge in [-0.2, -0.15) is 0 Å². The number of carbonyl (C=O) groups excluding carboxylic acids is 1. The van der Waals surface area contributed by atoms with Gasteiger partial charge < -0.3 is 10.6 Å². The van der Waals surface area contributed by atoms with E-state index in [0.29, 0.717) is 19.6 Å². The number of rotatable bonds is 6. The van der Waals surface area contributed by atoms with E-state index in [2.05, 4.69) is 0 Å². The molecule has 2 N–H and O–H groups in total. The van der Waals surface area contributed by atoms with E-state index in [9.17, 15) is 13.2 Å². The Balaban J connectivity index is 2.06. The molecule has 1 aliphatic rings. The molecule has 128 valence electrons. The van der Waals surface area contributed by atoms with Crippen molar-refractivity contribution in [1.82, 2.24) is 4.90 Å². The van der Waals surface area contributed by atoms with Crippen LogP contribution in [-0.4, -0.2) is 50.4 Å². The van der Waals surface area contributed by atoms with Crippen molar-refractivity contribution in [3.05, 3.63) is 35.9 Å². The summed E-state index contributed by atoms with van der Waals surface area (Å²) in [4.78, 5) is 14.0. The lowest BCUT2D eigenvalue weighted by molar-refractivity contribution is -0.127. The second-order valence-electron chi connectivity index (χ2n) is 6.76. The van der Waals surface area contributed by atoms with Crippen molar-refractivity contribution in [3.63, 3.8) is 0 Å². The summed E-state index contributed by atoms with van der Waals surface area (Å²) in [5, 5.41) is 0. The molecule has 0 spiro atoms. The van der Waals surface area contributed by atoms with Crippen LogP contribution in [0.2, 0.25) is 0 Å². The molecule has 0 radical (unpaired) electrons. The quantitative estimate of drug-likeness (QED) is 0.847. The van der Waals surface area contributed by atoms with Gasteiger partial charge in [0.2, 0.25) is 5.91 Å². The van der Waals surface area contributed by atoms with Crippen LogP contribution >= 0.6 is 0 Å². The van der Waals surface area contributed by atoms with E-state index in [1.807, 2.05) is 44.2 Å². The number of hydrogen-bond donors (Lipinski definition) is 1. The topological polar surface area (TPSA) is 80.5 Å². The molecule has 1 aromatic rings. The SMILES string of the molecule is CC(C)CS(=O)(=O)CC(=O)N1C[C@@H](CN)[C@H](c2ccccc2)C1. The predicted octanol–water partition coefficient (Wildman–Crippen LogP) is 1.26. The number of benzene rings is 1. The van der Waals surface area contributed by atoms with Crippen molar-refractivity contribution in [2.24, 2.45) is 17.6 Å². The summed E-state index contributed by atoms with van der Waals surface area (Å²) >= 11 is 0. The lowest BCUT2D eigenvalue weighted by atomic mass is 9.89. The van der Waals surface area contributed by atoms with Gasteiger partial charge in [-0.1, -0.05) is 44.2 Å². The van der Waals surface area contributed by atoms with E-state index >= 15 is 0 Å². The number of sulfone groups is 1. The van der Waals surface area contributed by atoms with E-state index < -0.39 is 15.6 Å². The number of likely N-dealkylation sites (tertiary alicyclic amines) is 1. The predicted molar refractivity (Wildman–Crippen MR) is 91.8 cm³/mol. The van der Waals surface area contributed by atoms with E-state index in [1.54, 1.807) is 4.90 Å². The Hall–Kier alpha value is -1.40. The van der Waals surface area contributed by atoms with Gasteiger partial charge in [-0.3, -0.25) is 4.79 Å². The number of hydrogen-bond acceptors (Lipinski definition) is 4. The highest BCUT2D eigenvalue weighted by atomic mass is 32.2. The third-order valence-electron chi connectivity index (χ3n) is 4.25. The molecule has 0 saturated carbocycles. The minimum atomic E-state index is -3.35. The number of nitrogens with zero attached hydrogens (tertiary/aromatic N) is 1. The highest BCUT2D eigenvalue weighted by Crippen LogP contribution is 2.32. The van der Waals surface area contributed by atoms with Crippen molar-refractivity contribution >= 4 is 15.7 Å². The molecule has 2 atom stereocenters. The summed E-state index contributed by atoms with van der Waals surface area (Å²) in [6, 6.07) is 9.98. The summed E-state index contributed by atoms with van der Waals surface area (Å²) in [5.41, 5.74) is 7.02. The summed E-state index contributed by atoms with van der Waals surface area (Å²) in [6.45, 7) is 5.25. The molecule has 0 aromatic heterocycles. The third kappa shape index (κ3) is 4.78. The Morgan fingerprint density at radius 3 is 2.48 bits per heavy atom. The zero-order valence-electron chi connectivity index (χ0n) is 13.8. The van der Waals surface area contributed by atoms with Gasteiger partial charge in [0, 0.05) is 19.0 Å². The van der Waals surface area contributed by atoms with Gasteiger partial charge in [-0.25, -0.2) is 8.42 Å². The first-order valence-corrected chi connectivity index (χ1v) is 9.87. The second-order valence-corrected chi connectivity index (χ2v) is 8.87. The maximum absolute atomic E-state index is 12.4. The molecule has 23 heavy (non-hydrogen) atoms. The molecule has 1 saturated heterocycles. The molecule has 5 nitrogen and oxygen atoms in total. The average molecular weight is 338 g/mol. The first-order chi connectivity index (χ1) is 10.8. The number of carbonyl (C=O) groups is 1. The Bertz CT molecular complexity index is 628. The highest BCUT2D eigenvalue weighted by Gasteiger charge is 2.36. The third-order valence-corrected chi connectivity index (χ3v) is 6.12. The largest absolute Gasteiger partial charge is 0.341 e. The number of nitrogens with two attached hydrogens (primary N) is 1. The molecule has 0 unspecified atom stereocenters. The first kappa shape index (κ1) is 17.9. The van der Waals surface area contributed by atoms with Crippen LogP contribution in [0.25, 0.3) is 0 Å². The van der Waals surface area contributed by atoms with Crippen molar-refractivity contribution in [2.45, 2.75) is 19.8 Å². The van der Waals surface area contributed by atoms with Crippen LogP contribution in [0, 0.1) is 11.8 Å².